The molecule has 0 heterocycles. The van der Waals surface area contributed by atoms with Crippen molar-refractivity contribution >= 4 is 17.6 Å². The summed E-state index contributed by atoms with van der Waals surface area (Å²) < 4.78 is 18.0. The predicted octanol–water partition coefficient (Wildman–Crippen LogP) is 2.69. The zero-order chi connectivity index (χ0) is 13.5. The van der Waals surface area contributed by atoms with Crippen LogP contribution in [0.1, 0.15) is 25.3 Å². The number of rotatable bonds is 6. The van der Waals surface area contributed by atoms with Crippen molar-refractivity contribution in [2.24, 2.45) is 5.73 Å². The lowest BCUT2D eigenvalue weighted by Gasteiger charge is -2.11. The van der Waals surface area contributed by atoms with Crippen LogP contribution >= 0.6 is 11.6 Å². The molecule has 1 atom stereocenters. The minimum Gasteiger partial charge on any atom is -0.466 e. The van der Waals surface area contributed by atoms with Crippen molar-refractivity contribution in [1.29, 1.82) is 0 Å². The van der Waals surface area contributed by atoms with Crippen LogP contribution < -0.4 is 5.73 Å². The van der Waals surface area contributed by atoms with E-state index in [1.165, 1.54) is 12.1 Å². The van der Waals surface area contributed by atoms with Crippen LogP contribution in [0.25, 0.3) is 0 Å². The van der Waals surface area contributed by atoms with Gasteiger partial charge in [-0.05, 0) is 37.5 Å². The van der Waals surface area contributed by atoms with Crippen LogP contribution in [0.15, 0.2) is 18.2 Å². The van der Waals surface area contributed by atoms with E-state index in [0.717, 1.165) is 5.56 Å². The second-order valence-corrected chi connectivity index (χ2v) is 4.46. The zero-order valence-electron chi connectivity index (χ0n) is 10.3. The SMILES string of the molecule is CCOC(=O)CCC(N)Cc1ccc(Cl)c(F)c1. The summed E-state index contributed by atoms with van der Waals surface area (Å²) in [5.74, 6) is -0.706. The Bertz CT molecular complexity index is 412. The average molecular weight is 274 g/mol. The molecule has 1 aromatic rings. The topological polar surface area (TPSA) is 52.3 Å². The Morgan fingerprint density at radius 1 is 1.56 bits per heavy atom. The molecular weight excluding hydrogens is 257 g/mol. The summed E-state index contributed by atoms with van der Waals surface area (Å²) in [5, 5.41) is 0.0962. The molecule has 0 radical (unpaired) electrons. The van der Waals surface area contributed by atoms with E-state index < -0.39 is 5.82 Å². The fourth-order valence-corrected chi connectivity index (χ4v) is 1.73. The molecule has 0 aliphatic rings. The molecule has 0 fully saturated rings. The van der Waals surface area contributed by atoms with Crippen molar-refractivity contribution in [2.45, 2.75) is 32.2 Å². The predicted molar refractivity (Wildman–Crippen MR) is 69.0 cm³/mol. The van der Waals surface area contributed by atoms with E-state index in [-0.39, 0.29) is 23.5 Å². The number of carbonyl (C=O) groups excluding carboxylic acids is 1. The monoisotopic (exact) mass is 273 g/mol. The lowest BCUT2D eigenvalue weighted by atomic mass is 10.0. The van der Waals surface area contributed by atoms with Crippen molar-refractivity contribution in [3.05, 3.63) is 34.6 Å². The highest BCUT2D eigenvalue weighted by Crippen LogP contribution is 2.17. The highest BCUT2D eigenvalue weighted by Gasteiger charge is 2.10. The molecule has 100 valence electrons. The van der Waals surface area contributed by atoms with Gasteiger partial charge in [0.2, 0.25) is 0 Å². The van der Waals surface area contributed by atoms with Crippen LogP contribution in [0.2, 0.25) is 5.02 Å². The number of benzene rings is 1. The molecular formula is C13H17ClFNO2. The molecule has 1 aromatic carbocycles. The third kappa shape index (κ3) is 5.02. The van der Waals surface area contributed by atoms with Crippen LogP contribution in [0.4, 0.5) is 4.39 Å². The van der Waals surface area contributed by atoms with Gasteiger partial charge in [-0.1, -0.05) is 17.7 Å². The van der Waals surface area contributed by atoms with Gasteiger partial charge < -0.3 is 10.5 Å². The van der Waals surface area contributed by atoms with Crippen molar-refractivity contribution in [3.8, 4) is 0 Å². The van der Waals surface area contributed by atoms with E-state index in [1.54, 1.807) is 13.0 Å². The van der Waals surface area contributed by atoms with Crippen LogP contribution in [-0.2, 0) is 16.0 Å². The maximum absolute atomic E-state index is 13.2. The van der Waals surface area contributed by atoms with Crippen molar-refractivity contribution in [3.63, 3.8) is 0 Å². The molecule has 0 bridgehead atoms. The fraction of sp³-hybridized carbons (Fsp3) is 0.462. The summed E-state index contributed by atoms with van der Waals surface area (Å²) >= 11 is 5.59. The van der Waals surface area contributed by atoms with Gasteiger partial charge in [0.25, 0.3) is 0 Å². The van der Waals surface area contributed by atoms with Crippen LogP contribution in [0.3, 0.4) is 0 Å². The van der Waals surface area contributed by atoms with E-state index in [1.807, 2.05) is 0 Å². The first-order valence-electron chi connectivity index (χ1n) is 5.88. The number of halogens is 2. The van der Waals surface area contributed by atoms with Gasteiger partial charge >= 0.3 is 5.97 Å². The molecule has 0 saturated carbocycles. The Labute approximate surface area is 111 Å². The van der Waals surface area contributed by atoms with Crippen LogP contribution in [0, 0.1) is 5.82 Å². The third-order valence-electron chi connectivity index (χ3n) is 2.51. The number of esters is 1. The molecule has 5 heteroatoms. The van der Waals surface area contributed by atoms with Crippen molar-refractivity contribution in [1.82, 2.24) is 0 Å². The van der Waals surface area contributed by atoms with Gasteiger partial charge in [-0.25, -0.2) is 4.39 Å². The Morgan fingerprint density at radius 2 is 2.28 bits per heavy atom. The molecule has 0 amide bonds. The van der Waals surface area contributed by atoms with Crippen LogP contribution in [0.5, 0.6) is 0 Å². The van der Waals surface area contributed by atoms with E-state index in [4.69, 9.17) is 22.1 Å². The lowest BCUT2D eigenvalue weighted by molar-refractivity contribution is -0.143. The Morgan fingerprint density at radius 3 is 2.89 bits per heavy atom. The molecule has 3 nitrogen and oxygen atoms in total. The maximum atomic E-state index is 13.2. The fourth-order valence-electron chi connectivity index (χ4n) is 1.61. The van der Waals surface area contributed by atoms with E-state index in [2.05, 4.69) is 0 Å². The molecule has 0 aromatic heterocycles. The number of hydrogen-bond donors (Lipinski definition) is 1. The van der Waals surface area contributed by atoms with Gasteiger partial charge in [-0.3, -0.25) is 4.79 Å². The van der Waals surface area contributed by atoms with Crippen molar-refractivity contribution in [2.75, 3.05) is 6.61 Å². The number of carbonyl (C=O) groups is 1. The van der Waals surface area contributed by atoms with Gasteiger partial charge in [0.05, 0.1) is 11.6 Å². The molecule has 0 spiro atoms. The van der Waals surface area contributed by atoms with Crippen LogP contribution in [-0.4, -0.2) is 18.6 Å². The number of hydrogen-bond acceptors (Lipinski definition) is 3. The molecule has 2 N–H and O–H groups in total. The van der Waals surface area contributed by atoms with Crippen molar-refractivity contribution < 1.29 is 13.9 Å². The first-order valence-corrected chi connectivity index (χ1v) is 6.25. The average Bonchev–Trinajstić information content (AvgIpc) is 2.32. The summed E-state index contributed by atoms with van der Waals surface area (Å²) in [6.07, 6.45) is 1.31. The zero-order valence-corrected chi connectivity index (χ0v) is 11.0. The Kier molecular flexibility index (Phi) is 6.09. The smallest absolute Gasteiger partial charge is 0.305 e. The highest BCUT2D eigenvalue weighted by molar-refractivity contribution is 6.30. The van der Waals surface area contributed by atoms with Gasteiger partial charge in [0.15, 0.2) is 0 Å². The highest BCUT2D eigenvalue weighted by atomic mass is 35.5. The quantitative estimate of drug-likeness (QED) is 0.811. The molecule has 1 unspecified atom stereocenters. The molecule has 0 aliphatic heterocycles. The standard InChI is InChI=1S/C13H17ClFNO2/c1-2-18-13(17)6-4-10(16)7-9-3-5-11(14)12(15)8-9/h3,5,8,10H,2,4,6-7,16H2,1H3. The van der Waals surface area contributed by atoms with Gasteiger partial charge in [-0.15, -0.1) is 0 Å². The maximum Gasteiger partial charge on any atom is 0.305 e. The molecule has 18 heavy (non-hydrogen) atoms. The Balaban J connectivity index is 2.42. The number of nitrogens with two attached hydrogens (primary N) is 1. The van der Waals surface area contributed by atoms with Gasteiger partial charge in [0, 0.05) is 12.5 Å². The summed E-state index contributed by atoms with van der Waals surface area (Å²) in [6, 6.07) is 4.40. The minimum atomic E-state index is -0.452. The first kappa shape index (κ1) is 14.9. The third-order valence-corrected chi connectivity index (χ3v) is 2.81. The second kappa shape index (κ2) is 7.34. The Hall–Kier alpha value is -1.13. The molecule has 0 aliphatic carbocycles. The summed E-state index contributed by atoms with van der Waals surface area (Å²) in [6.45, 7) is 2.13. The normalized spacial score (nSPS) is 12.2. The minimum absolute atomic E-state index is 0.0962. The van der Waals surface area contributed by atoms with E-state index in [9.17, 15) is 9.18 Å². The lowest BCUT2D eigenvalue weighted by Crippen LogP contribution is -2.24. The van der Waals surface area contributed by atoms with Gasteiger partial charge in [-0.2, -0.15) is 0 Å². The van der Waals surface area contributed by atoms with E-state index in [0.29, 0.717) is 19.4 Å². The summed E-state index contributed by atoms with van der Waals surface area (Å²) in [4.78, 5) is 11.1. The molecule has 1 rings (SSSR count). The van der Waals surface area contributed by atoms with Gasteiger partial charge in [0.1, 0.15) is 5.82 Å². The molecule has 0 saturated heterocycles. The number of ether oxygens (including phenoxy) is 1. The summed E-state index contributed by atoms with van der Waals surface area (Å²) in [5.41, 5.74) is 6.65. The largest absolute Gasteiger partial charge is 0.466 e. The first-order chi connectivity index (χ1) is 8.52. The van der Waals surface area contributed by atoms with E-state index >= 15 is 0 Å². The second-order valence-electron chi connectivity index (χ2n) is 4.06. The summed E-state index contributed by atoms with van der Waals surface area (Å²) in [7, 11) is 0.